The Morgan fingerprint density at radius 1 is 1.37 bits per heavy atom. The Bertz CT molecular complexity index is 569. The fraction of sp³-hybridized carbons (Fsp3) is 0.308. The molecule has 0 radical (unpaired) electrons. The van der Waals surface area contributed by atoms with Crippen LogP contribution in [0.2, 0.25) is 0 Å². The van der Waals surface area contributed by atoms with E-state index in [1.54, 1.807) is 13.8 Å². The molecule has 0 spiro atoms. The van der Waals surface area contributed by atoms with Crippen LogP contribution in [-0.2, 0) is 9.59 Å². The highest BCUT2D eigenvalue weighted by atomic mass is 19.1. The average Bonchev–Trinajstić information content (AvgIpc) is 2.34. The third-order valence-corrected chi connectivity index (χ3v) is 3.19. The summed E-state index contributed by atoms with van der Waals surface area (Å²) in [5.41, 5.74) is -0.524. The lowest BCUT2D eigenvalue weighted by Crippen LogP contribution is -2.64. The van der Waals surface area contributed by atoms with Gasteiger partial charge in [0.2, 0.25) is 5.91 Å². The zero-order valence-corrected chi connectivity index (χ0v) is 10.6. The second kappa shape index (κ2) is 4.46. The number of hydrogen-bond donors (Lipinski definition) is 1. The summed E-state index contributed by atoms with van der Waals surface area (Å²) in [7, 11) is 0. The van der Waals surface area contributed by atoms with Crippen molar-refractivity contribution in [2.75, 3.05) is 11.4 Å². The van der Waals surface area contributed by atoms with Gasteiger partial charge in [-0.15, -0.1) is 0 Å². The van der Waals surface area contributed by atoms with Crippen LogP contribution in [0.4, 0.5) is 10.1 Å². The number of aldehydes is 1. The summed E-state index contributed by atoms with van der Waals surface area (Å²) >= 11 is 0. The number of carbonyl (C=O) groups is 3. The van der Waals surface area contributed by atoms with Crippen molar-refractivity contribution in [1.29, 1.82) is 0 Å². The van der Waals surface area contributed by atoms with E-state index in [0.717, 1.165) is 6.07 Å². The second-order valence-corrected chi connectivity index (χ2v) is 4.84. The maximum atomic E-state index is 13.1. The molecule has 0 aliphatic carbocycles. The molecule has 6 heteroatoms. The van der Waals surface area contributed by atoms with Crippen molar-refractivity contribution in [3.8, 4) is 0 Å². The van der Waals surface area contributed by atoms with Crippen LogP contribution in [0.5, 0.6) is 0 Å². The molecule has 1 aliphatic rings. The third kappa shape index (κ3) is 2.21. The fourth-order valence-electron chi connectivity index (χ4n) is 2.03. The predicted molar refractivity (Wildman–Crippen MR) is 66.4 cm³/mol. The first kappa shape index (κ1) is 13.2. The number of imide groups is 1. The minimum absolute atomic E-state index is 0.0643. The highest BCUT2D eigenvalue weighted by Gasteiger charge is 2.41. The maximum absolute atomic E-state index is 13.1. The van der Waals surface area contributed by atoms with Crippen LogP contribution in [-0.4, -0.2) is 30.2 Å². The van der Waals surface area contributed by atoms with E-state index in [1.807, 2.05) is 0 Å². The molecule has 2 amide bonds. The first-order chi connectivity index (χ1) is 8.86. The van der Waals surface area contributed by atoms with Gasteiger partial charge in [-0.3, -0.25) is 19.7 Å². The van der Waals surface area contributed by atoms with Gasteiger partial charge in [-0.1, -0.05) is 0 Å². The molecular weight excluding hydrogens is 251 g/mol. The number of carbonyl (C=O) groups excluding carboxylic acids is 3. The van der Waals surface area contributed by atoms with Crippen LogP contribution < -0.4 is 10.2 Å². The van der Waals surface area contributed by atoms with Gasteiger partial charge in [0, 0.05) is 11.3 Å². The monoisotopic (exact) mass is 264 g/mol. The SMILES string of the molecule is CC1(C)C(=O)NC(=O)CN1c1ccc(F)cc1C=O. The Balaban J connectivity index is 2.52. The Labute approximate surface area is 109 Å². The fourth-order valence-corrected chi connectivity index (χ4v) is 2.03. The molecule has 1 N–H and O–H groups in total. The number of nitrogens with one attached hydrogen (secondary N) is 1. The van der Waals surface area contributed by atoms with Gasteiger partial charge in [0.1, 0.15) is 11.4 Å². The Morgan fingerprint density at radius 3 is 2.68 bits per heavy atom. The van der Waals surface area contributed by atoms with E-state index < -0.39 is 23.2 Å². The van der Waals surface area contributed by atoms with Crippen LogP contribution in [0, 0.1) is 5.82 Å². The Hall–Kier alpha value is -2.24. The van der Waals surface area contributed by atoms with Gasteiger partial charge >= 0.3 is 0 Å². The molecule has 0 atom stereocenters. The van der Waals surface area contributed by atoms with Gasteiger partial charge in [-0.05, 0) is 32.0 Å². The van der Waals surface area contributed by atoms with Crippen LogP contribution in [0.25, 0.3) is 0 Å². The summed E-state index contributed by atoms with van der Waals surface area (Å²) in [5, 5.41) is 2.24. The topological polar surface area (TPSA) is 66.5 Å². The molecule has 2 rings (SSSR count). The van der Waals surface area contributed by atoms with Crippen LogP contribution in [0.15, 0.2) is 18.2 Å². The highest BCUT2D eigenvalue weighted by Crippen LogP contribution is 2.29. The summed E-state index contributed by atoms with van der Waals surface area (Å²) in [4.78, 5) is 35.8. The Kier molecular flexibility index (Phi) is 3.09. The lowest BCUT2D eigenvalue weighted by Gasteiger charge is -2.42. The van der Waals surface area contributed by atoms with Crippen LogP contribution in [0.3, 0.4) is 0 Å². The standard InChI is InChI=1S/C13H13FN2O3/c1-13(2)12(19)15-11(18)6-16(13)10-4-3-9(14)5-8(10)7-17/h3-5,7H,6H2,1-2H3,(H,15,18,19). The molecular formula is C13H13FN2O3. The number of benzene rings is 1. The quantitative estimate of drug-likeness (QED) is 0.636. The molecule has 1 aliphatic heterocycles. The molecule has 5 nitrogen and oxygen atoms in total. The normalized spacial score (nSPS) is 18.2. The van der Waals surface area contributed by atoms with Crippen molar-refractivity contribution in [3.05, 3.63) is 29.6 Å². The average molecular weight is 264 g/mol. The van der Waals surface area contributed by atoms with Crippen molar-refractivity contribution < 1.29 is 18.8 Å². The molecule has 1 aromatic carbocycles. The lowest BCUT2D eigenvalue weighted by molar-refractivity contribution is -0.135. The number of anilines is 1. The van der Waals surface area contributed by atoms with E-state index in [-0.39, 0.29) is 12.1 Å². The molecule has 1 fully saturated rings. The smallest absolute Gasteiger partial charge is 0.251 e. The third-order valence-electron chi connectivity index (χ3n) is 3.19. The van der Waals surface area contributed by atoms with E-state index >= 15 is 0 Å². The molecule has 0 bridgehead atoms. The molecule has 19 heavy (non-hydrogen) atoms. The van der Waals surface area contributed by atoms with Crippen molar-refractivity contribution in [2.45, 2.75) is 19.4 Å². The molecule has 1 saturated heterocycles. The van der Waals surface area contributed by atoms with Gasteiger partial charge in [0.05, 0.1) is 6.54 Å². The number of halogens is 1. The molecule has 1 aromatic rings. The molecule has 100 valence electrons. The predicted octanol–water partition coefficient (Wildman–Crippen LogP) is 0.880. The first-order valence-electron chi connectivity index (χ1n) is 5.73. The van der Waals surface area contributed by atoms with E-state index in [2.05, 4.69) is 5.32 Å². The summed E-state index contributed by atoms with van der Waals surface area (Å²) in [5.74, 6) is -1.45. The van der Waals surface area contributed by atoms with Gasteiger partial charge in [-0.25, -0.2) is 4.39 Å². The van der Waals surface area contributed by atoms with E-state index in [0.29, 0.717) is 12.0 Å². The van der Waals surface area contributed by atoms with Gasteiger partial charge in [0.25, 0.3) is 5.91 Å². The zero-order chi connectivity index (χ0) is 14.2. The van der Waals surface area contributed by atoms with Crippen molar-refractivity contribution in [2.24, 2.45) is 0 Å². The zero-order valence-electron chi connectivity index (χ0n) is 10.6. The number of amides is 2. The largest absolute Gasteiger partial charge is 0.347 e. The van der Waals surface area contributed by atoms with Gasteiger partial charge < -0.3 is 4.90 Å². The van der Waals surface area contributed by atoms with Crippen molar-refractivity contribution in [1.82, 2.24) is 5.32 Å². The Morgan fingerprint density at radius 2 is 2.05 bits per heavy atom. The minimum Gasteiger partial charge on any atom is -0.347 e. The van der Waals surface area contributed by atoms with E-state index in [4.69, 9.17) is 0 Å². The number of hydrogen-bond acceptors (Lipinski definition) is 4. The van der Waals surface area contributed by atoms with Crippen LogP contribution >= 0.6 is 0 Å². The summed E-state index contributed by atoms with van der Waals surface area (Å²) in [6, 6.07) is 3.66. The van der Waals surface area contributed by atoms with E-state index in [1.165, 1.54) is 17.0 Å². The molecule has 0 unspecified atom stereocenters. The number of nitrogens with zero attached hydrogens (tertiary/aromatic N) is 1. The van der Waals surface area contributed by atoms with Gasteiger partial charge in [-0.2, -0.15) is 0 Å². The highest BCUT2D eigenvalue weighted by molar-refractivity contribution is 6.07. The molecule has 1 heterocycles. The van der Waals surface area contributed by atoms with E-state index in [9.17, 15) is 18.8 Å². The first-order valence-corrected chi connectivity index (χ1v) is 5.73. The maximum Gasteiger partial charge on any atom is 0.251 e. The minimum atomic E-state index is -0.997. The lowest BCUT2D eigenvalue weighted by atomic mass is 9.96. The van der Waals surface area contributed by atoms with Crippen LogP contribution in [0.1, 0.15) is 24.2 Å². The number of piperazine rings is 1. The summed E-state index contributed by atoms with van der Waals surface area (Å²) in [6.45, 7) is 3.20. The van der Waals surface area contributed by atoms with Gasteiger partial charge in [0.15, 0.2) is 6.29 Å². The van der Waals surface area contributed by atoms with Crippen molar-refractivity contribution in [3.63, 3.8) is 0 Å². The number of rotatable bonds is 2. The van der Waals surface area contributed by atoms with Crippen molar-refractivity contribution >= 4 is 23.8 Å². The summed E-state index contributed by atoms with van der Waals surface area (Å²) < 4.78 is 13.1. The summed E-state index contributed by atoms with van der Waals surface area (Å²) in [6.07, 6.45) is 0.505. The second-order valence-electron chi connectivity index (χ2n) is 4.84. The molecule has 0 saturated carbocycles. The molecule has 0 aromatic heterocycles.